The molecule has 0 aromatic heterocycles. The van der Waals surface area contributed by atoms with Gasteiger partial charge in [0, 0.05) is 38.9 Å². The molecule has 190 valence electrons. The van der Waals surface area contributed by atoms with Crippen molar-refractivity contribution in [1.29, 1.82) is 0 Å². The number of carbonyl (C=O) groups is 4. The molecule has 0 spiro atoms. The van der Waals surface area contributed by atoms with Crippen LogP contribution in [0.15, 0.2) is 0 Å². The number of hydrogen-bond acceptors (Lipinski definition) is 8. The predicted octanol–water partition coefficient (Wildman–Crippen LogP) is 3.39. The lowest BCUT2D eigenvalue weighted by molar-refractivity contribution is -0.165. The molecule has 1 saturated carbocycles. The third-order valence-corrected chi connectivity index (χ3v) is 6.44. The van der Waals surface area contributed by atoms with Crippen LogP contribution in [0.4, 0.5) is 0 Å². The average Bonchev–Trinajstić information content (AvgIpc) is 2.80. The Morgan fingerprint density at radius 1 is 0.758 bits per heavy atom. The number of rotatable bonds is 16. The largest absolute Gasteiger partial charge is 0.463 e. The van der Waals surface area contributed by atoms with Crippen molar-refractivity contribution in [2.45, 2.75) is 65.7 Å². The molecule has 1 rings (SSSR count). The van der Waals surface area contributed by atoms with Crippen molar-refractivity contribution in [3.63, 3.8) is 0 Å². The first-order valence-corrected chi connectivity index (χ1v) is 12.1. The molecule has 8 heteroatoms. The topological polar surface area (TPSA) is 105 Å². The quantitative estimate of drug-likeness (QED) is 0.250. The maximum absolute atomic E-state index is 12.7. The van der Waals surface area contributed by atoms with Crippen molar-refractivity contribution >= 4 is 23.5 Å². The molecule has 4 unspecified atom stereocenters. The average molecular weight is 471 g/mol. The Morgan fingerprint density at radius 2 is 1.33 bits per heavy atom. The van der Waals surface area contributed by atoms with Gasteiger partial charge in [0.1, 0.15) is 24.8 Å². The first-order valence-electron chi connectivity index (χ1n) is 12.1. The first kappa shape index (κ1) is 29.2. The van der Waals surface area contributed by atoms with E-state index in [-0.39, 0.29) is 49.1 Å². The fourth-order valence-electron chi connectivity index (χ4n) is 4.13. The highest BCUT2D eigenvalue weighted by molar-refractivity contribution is 5.84. The highest BCUT2D eigenvalue weighted by atomic mass is 16.6. The Morgan fingerprint density at radius 3 is 1.88 bits per heavy atom. The Balaban J connectivity index is 2.64. The van der Waals surface area contributed by atoms with Gasteiger partial charge in [-0.2, -0.15) is 0 Å². The summed E-state index contributed by atoms with van der Waals surface area (Å²) in [4.78, 5) is 49.7. The van der Waals surface area contributed by atoms with Gasteiger partial charge in [0.05, 0.1) is 25.0 Å². The van der Waals surface area contributed by atoms with E-state index in [2.05, 4.69) is 0 Å². The minimum atomic E-state index is -0.591. The van der Waals surface area contributed by atoms with Gasteiger partial charge in [-0.05, 0) is 38.0 Å². The molecule has 0 bridgehead atoms. The standard InChI is InChI=1S/C25H42O8/c1-17(2)22(26)10-6-18(3)23(27)11-8-19-7-9-20(24(28)32-14-12-30-4)21(16-19)25(29)33-15-13-31-5/h17-21H,6-16H2,1-5H3. The van der Waals surface area contributed by atoms with Gasteiger partial charge >= 0.3 is 11.9 Å². The molecule has 1 aliphatic carbocycles. The second-order valence-corrected chi connectivity index (χ2v) is 9.28. The van der Waals surface area contributed by atoms with E-state index in [1.54, 1.807) is 0 Å². The molecule has 0 amide bonds. The van der Waals surface area contributed by atoms with Crippen molar-refractivity contribution in [2.24, 2.45) is 29.6 Å². The Kier molecular flexibility index (Phi) is 14.1. The van der Waals surface area contributed by atoms with Crippen LogP contribution < -0.4 is 0 Å². The van der Waals surface area contributed by atoms with Crippen LogP contribution in [0.3, 0.4) is 0 Å². The smallest absolute Gasteiger partial charge is 0.309 e. The molecular weight excluding hydrogens is 428 g/mol. The first-order chi connectivity index (χ1) is 15.7. The summed E-state index contributed by atoms with van der Waals surface area (Å²) in [6.07, 6.45) is 3.83. The van der Waals surface area contributed by atoms with E-state index < -0.39 is 23.8 Å². The van der Waals surface area contributed by atoms with Crippen LogP contribution in [0.2, 0.25) is 0 Å². The molecule has 0 aromatic carbocycles. The molecule has 33 heavy (non-hydrogen) atoms. The number of methoxy groups -OCH3 is 2. The summed E-state index contributed by atoms with van der Waals surface area (Å²) in [5.74, 6) is -1.65. The number of ether oxygens (including phenoxy) is 4. The molecule has 1 aliphatic rings. The van der Waals surface area contributed by atoms with Crippen LogP contribution in [-0.2, 0) is 38.1 Å². The molecule has 0 heterocycles. The zero-order valence-electron chi connectivity index (χ0n) is 20.9. The van der Waals surface area contributed by atoms with Crippen LogP contribution >= 0.6 is 0 Å². The van der Waals surface area contributed by atoms with Gasteiger partial charge in [-0.15, -0.1) is 0 Å². The van der Waals surface area contributed by atoms with Gasteiger partial charge in [-0.1, -0.05) is 20.8 Å². The van der Waals surface area contributed by atoms with Gasteiger partial charge in [-0.3, -0.25) is 19.2 Å². The molecule has 8 nitrogen and oxygen atoms in total. The fourth-order valence-corrected chi connectivity index (χ4v) is 4.13. The van der Waals surface area contributed by atoms with Gasteiger partial charge in [0.2, 0.25) is 0 Å². The summed E-state index contributed by atoms with van der Waals surface area (Å²) in [6, 6.07) is 0. The van der Waals surface area contributed by atoms with E-state index in [1.165, 1.54) is 14.2 Å². The van der Waals surface area contributed by atoms with Crippen molar-refractivity contribution in [3.8, 4) is 0 Å². The van der Waals surface area contributed by atoms with Crippen molar-refractivity contribution < 1.29 is 38.1 Å². The summed E-state index contributed by atoms with van der Waals surface area (Å²) < 4.78 is 20.4. The molecule has 4 atom stereocenters. The van der Waals surface area contributed by atoms with Gasteiger partial charge < -0.3 is 18.9 Å². The maximum atomic E-state index is 12.7. The van der Waals surface area contributed by atoms with E-state index in [0.29, 0.717) is 45.1 Å². The van der Waals surface area contributed by atoms with Crippen molar-refractivity contribution in [2.75, 3.05) is 40.6 Å². The Bertz CT molecular complexity index is 630. The second kappa shape index (κ2) is 15.9. The number of Topliss-reactive ketones (excluding diaryl/α,β-unsaturated/α-hetero) is 2. The maximum Gasteiger partial charge on any atom is 0.309 e. The molecule has 0 aliphatic heterocycles. The Hall–Kier alpha value is -1.80. The molecule has 0 radical (unpaired) electrons. The van der Waals surface area contributed by atoms with E-state index in [4.69, 9.17) is 18.9 Å². The van der Waals surface area contributed by atoms with Gasteiger partial charge in [-0.25, -0.2) is 0 Å². The van der Waals surface area contributed by atoms with E-state index in [1.807, 2.05) is 20.8 Å². The number of ketones is 2. The third kappa shape index (κ3) is 10.8. The molecule has 0 N–H and O–H groups in total. The molecule has 0 saturated heterocycles. The lowest BCUT2D eigenvalue weighted by Crippen LogP contribution is -2.38. The zero-order chi connectivity index (χ0) is 24.8. The summed E-state index contributed by atoms with van der Waals surface area (Å²) in [5.41, 5.74) is 0. The zero-order valence-corrected chi connectivity index (χ0v) is 20.9. The summed E-state index contributed by atoms with van der Waals surface area (Å²) >= 11 is 0. The summed E-state index contributed by atoms with van der Waals surface area (Å²) in [6.45, 7) is 6.48. The van der Waals surface area contributed by atoms with Crippen LogP contribution in [0, 0.1) is 29.6 Å². The number of hydrogen-bond donors (Lipinski definition) is 0. The van der Waals surface area contributed by atoms with Crippen LogP contribution in [0.1, 0.15) is 65.7 Å². The normalized spacial score (nSPS) is 21.5. The van der Waals surface area contributed by atoms with E-state index >= 15 is 0 Å². The van der Waals surface area contributed by atoms with E-state index in [9.17, 15) is 19.2 Å². The Labute approximate surface area is 198 Å². The monoisotopic (exact) mass is 470 g/mol. The predicted molar refractivity (Wildman–Crippen MR) is 122 cm³/mol. The minimum absolute atomic E-state index is 0.00995. The summed E-state index contributed by atoms with van der Waals surface area (Å²) in [7, 11) is 3.05. The lowest BCUT2D eigenvalue weighted by atomic mass is 9.72. The fraction of sp³-hybridized carbons (Fsp3) is 0.840. The lowest BCUT2D eigenvalue weighted by Gasteiger charge is -2.33. The van der Waals surface area contributed by atoms with Crippen LogP contribution in [0.5, 0.6) is 0 Å². The number of esters is 2. The number of carbonyl (C=O) groups excluding carboxylic acids is 4. The highest BCUT2D eigenvalue weighted by Gasteiger charge is 2.41. The van der Waals surface area contributed by atoms with Crippen molar-refractivity contribution in [3.05, 3.63) is 0 Å². The summed E-state index contributed by atoms with van der Waals surface area (Å²) in [5, 5.41) is 0. The van der Waals surface area contributed by atoms with Crippen LogP contribution in [0.25, 0.3) is 0 Å². The van der Waals surface area contributed by atoms with Gasteiger partial charge in [0.25, 0.3) is 0 Å². The van der Waals surface area contributed by atoms with Crippen LogP contribution in [-0.4, -0.2) is 64.2 Å². The van der Waals surface area contributed by atoms with Crippen molar-refractivity contribution in [1.82, 2.24) is 0 Å². The highest BCUT2D eigenvalue weighted by Crippen LogP contribution is 2.38. The molecule has 0 aromatic rings. The second-order valence-electron chi connectivity index (χ2n) is 9.28. The molecular formula is C25H42O8. The minimum Gasteiger partial charge on any atom is -0.463 e. The van der Waals surface area contributed by atoms with Gasteiger partial charge in [0.15, 0.2) is 0 Å². The van der Waals surface area contributed by atoms with E-state index in [0.717, 1.165) is 6.42 Å². The SMILES string of the molecule is COCCOC(=O)C1CCC(CCC(=O)C(C)CCC(=O)C(C)C)CC1C(=O)OCCOC. The third-order valence-electron chi connectivity index (χ3n) is 6.44. The molecule has 1 fully saturated rings.